The van der Waals surface area contributed by atoms with E-state index in [0.717, 1.165) is 42.6 Å². The molecule has 152 valence electrons. The molecular weight excluding hydrogens is 531 g/mol. The summed E-state index contributed by atoms with van der Waals surface area (Å²) in [5.74, 6) is 0.581. The summed E-state index contributed by atoms with van der Waals surface area (Å²) in [5, 5.41) is 19.9. The van der Waals surface area contributed by atoms with Crippen LogP contribution in [0.1, 0.15) is 28.7 Å². The SMILES string of the molecule is CCc1nnc2sc(-c3ccc(C)c(NC(=S)NC(=O)c4cccc(I)c4)c3)nn12. The van der Waals surface area contributed by atoms with Crippen molar-refractivity contribution in [3.05, 3.63) is 63.0 Å². The average molecular weight is 548 g/mol. The van der Waals surface area contributed by atoms with Gasteiger partial charge in [-0.15, -0.1) is 10.2 Å². The number of fused-ring (bicyclic) bond motifs is 1. The third kappa shape index (κ3) is 4.35. The molecule has 0 radical (unpaired) electrons. The van der Waals surface area contributed by atoms with Gasteiger partial charge < -0.3 is 5.32 Å². The number of nitrogens with zero attached hydrogens (tertiary/aromatic N) is 4. The van der Waals surface area contributed by atoms with E-state index in [9.17, 15) is 4.79 Å². The first-order valence-corrected chi connectivity index (χ1v) is 11.4. The average Bonchev–Trinajstić information content (AvgIpc) is 3.30. The number of aryl methyl sites for hydroxylation is 2. The highest BCUT2D eigenvalue weighted by molar-refractivity contribution is 14.1. The largest absolute Gasteiger partial charge is 0.332 e. The van der Waals surface area contributed by atoms with Crippen molar-refractivity contribution in [2.45, 2.75) is 20.3 Å². The molecule has 0 aliphatic heterocycles. The van der Waals surface area contributed by atoms with Crippen LogP contribution in [0.5, 0.6) is 0 Å². The fourth-order valence-corrected chi connectivity index (χ4v) is 4.44. The molecule has 2 heterocycles. The molecule has 1 amide bonds. The maximum atomic E-state index is 12.4. The number of amides is 1. The molecule has 2 aromatic heterocycles. The maximum absolute atomic E-state index is 12.4. The zero-order valence-electron chi connectivity index (χ0n) is 16.1. The minimum atomic E-state index is -0.249. The highest BCUT2D eigenvalue weighted by Gasteiger charge is 2.14. The van der Waals surface area contributed by atoms with Crippen LogP contribution in [-0.2, 0) is 6.42 Å². The first kappa shape index (κ1) is 20.8. The Balaban J connectivity index is 1.53. The molecule has 4 aromatic rings. The van der Waals surface area contributed by atoms with Crippen LogP contribution in [0.3, 0.4) is 0 Å². The van der Waals surface area contributed by atoms with Gasteiger partial charge in [0.2, 0.25) is 4.96 Å². The molecule has 0 aliphatic rings. The Hall–Kier alpha value is -2.44. The molecule has 10 heteroatoms. The lowest BCUT2D eigenvalue weighted by molar-refractivity contribution is 0.0977. The van der Waals surface area contributed by atoms with E-state index in [1.807, 2.05) is 50.2 Å². The molecule has 0 unspecified atom stereocenters. The van der Waals surface area contributed by atoms with Crippen molar-refractivity contribution >= 4 is 67.8 Å². The summed E-state index contributed by atoms with van der Waals surface area (Å²) in [7, 11) is 0. The lowest BCUT2D eigenvalue weighted by Crippen LogP contribution is -2.34. The second-order valence-electron chi connectivity index (χ2n) is 6.52. The minimum absolute atomic E-state index is 0.241. The topological polar surface area (TPSA) is 84.2 Å². The zero-order chi connectivity index (χ0) is 21.3. The van der Waals surface area contributed by atoms with Gasteiger partial charge in [-0.1, -0.05) is 36.5 Å². The van der Waals surface area contributed by atoms with E-state index >= 15 is 0 Å². The number of halogens is 1. The molecule has 4 rings (SSSR count). The Kier molecular flexibility index (Phi) is 6.06. The summed E-state index contributed by atoms with van der Waals surface area (Å²) >= 11 is 9.00. The number of hydrogen-bond donors (Lipinski definition) is 2. The van der Waals surface area contributed by atoms with Gasteiger partial charge in [-0.3, -0.25) is 10.1 Å². The van der Waals surface area contributed by atoms with Gasteiger partial charge in [-0.05, 0) is 71.6 Å². The lowest BCUT2D eigenvalue weighted by atomic mass is 10.1. The Bertz CT molecular complexity index is 1270. The van der Waals surface area contributed by atoms with Crippen molar-refractivity contribution in [1.82, 2.24) is 25.1 Å². The van der Waals surface area contributed by atoms with E-state index in [0.29, 0.717) is 5.56 Å². The molecule has 0 fully saturated rings. The summed E-state index contributed by atoms with van der Waals surface area (Å²) < 4.78 is 2.76. The van der Waals surface area contributed by atoms with Crippen LogP contribution in [-0.4, -0.2) is 30.8 Å². The van der Waals surface area contributed by atoms with Gasteiger partial charge in [-0.25, -0.2) is 0 Å². The molecule has 2 N–H and O–H groups in total. The van der Waals surface area contributed by atoms with Crippen LogP contribution in [0.2, 0.25) is 0 Å². The Morgan fingerprint density at radius 3 is 2.83 bits per heavy atom. The third-order valence-electron chi connectivity index (χ3n) is 4.42. The second kappa shape index (κ2) is 8.74. The number of carbonyl (C=O) groups is 1. The van der Waals surface area contributed by atoms with Gasteiger partial charge in [0.15, 0.2) is 10.9 Å². The monoisotopic (exact) mass is 548 g/mol. The normalized spacial score (nSPS) is 10.9. The number of benzene rings is 2. The predicted molar refractivity (Wildman–Crippen MR) is 131 cm³/mol. The Labute approximate surface area is 196 Å². The van der Waals surface area contributed by atoms with Gasteiger partial charge in [-0.2, -0.15) is 9.61 Å². The van der Waals surface area contributed by atoms with E-state index in [1.165, 1.54) is 11.3 Å². The van der Waals surface area contributed by atoms with E-state index in [-0.39, 0.29) is 11.0 Å². The molecule has 0 atom stereocenters. The fraction of sp³-hybridized carbons (Fsp3) is 0.150. The van der Waals surface area contributed by atoms with E-state index < -0.39 is 0 Å². The van der Waals surface area contributed by atoms with Gasteiger partial charge >= 0.3 is 0 Å². The molecule has 0 bridgehead atoms. The van der Waals surface area contributed by atoms with Crippen LogP contribution in [0, 0.1) is 10.5 Å². The quantitative estimate of drug-likeness (QED) is 0.290. The molecular formula is C20H17IN6OS2. The van der Waals surface area contributed by atoms with Crippen LogP contribution in [0.25, 0.3) is 15.5 Å². The predicted octanol–water partition coefficient (Wildman–Crippen LogP) is 4.46. The van der Waals surface area contributed by atoms with Crippen LogP contribution < -0.4 is 10.6 Å². The molecule has 7 nitrogen and oxygen atoms in total. The number of anilines is 1. The summed E-state index contributed by atoms with van der Waals surface area (Å²) in [6.45, 7) is 4.00. The maximum Gasteiger partial charge on any atom is 0.257 e. The van der Waals surface area contributed by atoms with Gasteiger partial charge in [0.05, 0.1) is 0 Å². The van der Waals surface area contributed by atoms with Crippen LogP contribution in [0.4, 0.5) is 5.69 Å². The smallest absolute Gasteiger partial charge is 0.257 e. The zero-order valence-corrected chi connectivity index (χ0v) is 19.9. The van der Waals surface area contributed by atoms with Crippen molar-refractivity contribution in [2.24, 2.45) is 0 Å². The number of thiocarbonyl (C=S) groups is 1. The number of rotatable bonds is 4. The van der Waals surface area contributed by atoms with E-state index in [4.69, 9.17) is 12.2 Å². The standard InChI is InChI=1S/C20H17IN6OS2/c1-3-16-24-25-20-27(16)26-18(30-20)13-8-7-11(2)15(10-13)22-19(29)23-17(28)12-5-4-6-14(21)9-12/h4-10H,3H2,1-2H3,(H2,22,23,28,29). The number of nitrogens with one attached hydrogen (secondary N) is 2. The molecule has 0 saturated carbocycles. The summed E-state index contributed by atoms with van der Waals surface area (Å²) in [6, 6.07) is 13.3. The van der Waals surface area contributed by atoms with E-state index in [2.05, 4.69) is 48.5 Å². The van der Waals surface area contributed by atoms with E-state index in [1.54, 1.807) is 10.6 Å². The number of aromatic nitrogens is 4. The molecule has 2 aromatic carbocycles. The van der Waals surface area contributed by atoms with Crippen molar-refractivity contribution in [2.75, 3.05) is 5.32 Å². The van der Waals surface area contributed by atoms with Crippen LogP contribution >= 0.6 is 46.1 Å². The Morgan fingerprint density at radius 2 is 2.07 bits per heavy atom. The Morgan fingerprint density at radius 1 is 1.23 bits per heavy atom. The highest BCUT2D eigenvalue weighted by Crippen LogP contribution is 2.29. The third-order valence-corrected chi connectivity index (χ3v) is 6.24. The summed E-state index contributed by atoms with van der Waals surface area (Å²) in [6.07, 6.45) is 0.763. The minimum Gasteiger partial charge on any atom is -0.332 e. The lowest BCUT2D eigenvalue weighted by Gasteiger charge is -2.13. The first-order valence-electron chi connectivity index (χ1n) is 9.14. The molecule has 0 spiro atoms. The first-order chi connectivity index (χ1) is 14.4. The molecule has 0 saturated heterocycles. The van der Waals surface area contributed by atoms with Crippen molar-refractivity contribution in [3.63, 3.8) is 0 Å². The molecule has 30 heavy (non-hydrogen) atoms. The fourth-order valence-electron chi connectivity index (χ4n) is 2.84. The van der Waals surface area contributed by atoms with Gasteiger partial charge in [0.1, 0.15) is 5.01 Å². The number of carbonyl (C=O) groups excluding carboxylic acids is 1. The summed E-state index contributed by atoms with van der Waals surface area (Å²) in [4.78, 5) is 13.2. The van der Waals surface area contributed by atoms with Crippen molar-refractivity contribution in [1.29, 1.82) is 0 Å². The summed E-state index contributed by atoms with van der Waals surface area (Å²) in [5.41, 5.74) is 3.30. The van der Waals surface area contributed by atoms with Gasteiger partial charge in [0, 0.05) is 26.8 Å². The highest BCUT2D eigenvalue weighted by atomic mass is 127. The number of hydrogen-bond acceptors (Lipinski definition) is 6. The molecule has 0 aliphatic carbocycles. The van der Waals surface area contributed by atoms with Crippen molar-refractivity contribution in [3.8, 4) is 10.6 Å². The van der Waals surface area contributed by atoms with Gasteiger partial charge in [0.25, 0.3) is 5.91 Å². The van der Waals surface area contributed by atoms with Crippen LogP contribution in [0.15, 0.2) is 42.5 Å². The second-order valence-corrected chi connectivity index (χ2v) is 9.13. The van der Waals surface area contributed by atoms with Crippen molar-refractivity contribution < 1.29 is 4.79 Å².